The van der Waals surface area contributed by atoms with E-state index in [1.165, 1.54) is 11.1 Å². The maximum absolute atomic E-state index is 14.8. The number of hydrogen-bond acceptors (Lipinski definition) is 2. The Morgan fingerprint density at radius 2 is 0.544 bits per heavy atom. The summed E-state index contributed by atoms with van der Waals surface area (Å²) in [6.07, 6.45) is 0. The fourth-order valence-corrected chi connectivity index (χ4v) is 13.3. The third-order valence-electron chi connectivity index (χ3n) is 10.5. The summed E-state index contributed by atoms with van der Waals surface area (Å²) in [6, 6.07) is 52.8. The second kappa shape index (κ2) is 17.7. The van der Waals surface area contributed by atoms with Crippen LogP contribution in [0.4, 0.5) is 0 Å². The SMILES string of the molecule is CC(C)(C)c1ccc(P(=O)(c2ccccc2)c2ccccc2)c(C(C)(C)C)c1.CC(C)(C)c1ccc(P(=O)(c2ccccc2)c2ccccc2)c(C(C)(C)C)c1.[Pd+2]. The van der Waals surface area contributed by atoms with Crippen LogP contribution < -0.4 is 31.8 Å². The molecule has 5 heteroatoms. The molecule has 0 radical (unpaired) electrons. The van der Waals surface area contributed by atoms with E-state index in [1.54, 1.807) is 0 Å². The Morgan fingerprint density at radius 3 is 0.737 bits per heavy atom. The molecule has 0 saturated heterocycles. The molecule has 0 aliphatic heterocycles. The summed E-state index contributed by atoms with van der Waals surface area (Å²) in [6.45, 7) is 26.6. The molecule has 0 atom stereocenters. The smallest absolute Gasteiger partial charge is 0.309 e. The van der Waals surface area contributed by atoms with Gasteiger partial charge in [0.15, 0.2) is 14.3 Å². The zero-order chi connectivity index (χ0) is 41.2. The summed E-state index contributed by atoms with van der Waals surface area (Å²) in [5.74, 6) is 0. The maximum Gasteiger partial charge on any atom is 2.00 e. The van der Waals surface area contributed by atoms with Crippen molar-refractivity contribution in [1.29, 1.82) is 0 Å². The van der Waals surface area contributed by atoms with E-state index in [1.807, 2.05) is 121 Å². The molecule has 0 saturated carbocycles. The Hall–Kier alpha value is -3.56. The van der Waals surface area contributed by atoms with Gasteiger partial charge in [0.2, 0.25) is 0 Å². The van der Waals surface area contributed by atoms with Crippen LogP contribution in [0.5, 0.6) is 0 Å². The minimum absolute atomic E-state index is 0. The molecule has 0 fully saturated rings. The van der Waals surface area contributed by atoms with Crippen molar-refractivity contribution in [2.75, 3.05) is 0 Å². The van der Waals surface area contributed by atoms with Crippen molar-refractivity contribution in [1.82, 2.24) is 0 Å². The van der Waals surface area contributed by atoms with Crippen molar-refractivity contribution >= 4 is 46.1 Å². The third kappa shape index (κ3) is 10.2. The van der Waals surface area contributed by atoms with E-state index >= 15 is 0 Å². The molecular weight excluding hydrogens is 825 g/mol. The molecule has 2 nitrogen and oxygen atoms in total. The molecule has 0 aromatic heterocycles. The molecule has 0 bridgehead atoms. The van der Waals surface area contributed by atoms with Crippen LogP contribution >= 0.6 is 14.3 Å². The van der Waals surface area contributed by atoms with E-state index in [0.717, 1.165) is 43.0 Å². The standard InChI is InChI=1S/2C26H31OP.Pd/c2*1-25(2,3)20-17-18-24(23(19-20)26(4,5)6)28(27,21-13-9-7-10-14-21)22-15-11-8-12-16-22;/h2*7-19H,1-6H3;/q;;+2. The van der Waals surface area contributed by atoms with Gasteiger partial charge in [-0.1, -0.05) is 241 Å². The Kier molecular flexibility index (Phi) is 14.4. The monoisotopic (exact) mass is 886 g/mol. The van der Waals surface area contributed by atoms with E-state index in [2.05, 4.69) is 119 Å². The van der Waals surface area contributed by atoms with Crippen molar-refractivity contribution in [2.24, 2.45) is 0 Å². The van der Waals surface area contributed by atoms with Gasteiger partial charge in [0.25, 0.3) is 0 Å². The average Bonchev–Trinajstić information content (AvgIpc) is 3.17. The average molecular weight is 887 g/mol. The van der Waals surface area contributed by atoms with Crippen molar-refractivity contribution in [3.05, 3.63) is 180 Å². The zero-order valence-electron chi connectivity index (χ0n) is 36.0. The van der Waals surface area contributed by atoms with Gasteiger partial charge in [-0.25, -0.2) is 0 Å². The number of hydrogen-bond donors (Lipinski definition) is 0. The maximum atomic E-state index is 14.8. The molecule has 0 unspecified atom stereocenters. The van der Waals surface area contributed by atoms with Crippen LogP contribution in [0, 0.1) is 0 Å². The van der Waals surface area contributed by atoms with Crippen LogP contribution in [-0.4, -0.2) is 0 Å². The van der Waals surface area contributed by atoms with Crippen LogP contribution in [0.3, 0.4) is 0 Å². The van der Waals surface area contributed by atoms with E-state index in [0.29, 0.717) is 0 Å². The molecule has 6 rings (SSSR count). The molecule has 300 valence electrons. The normalized spacial score (nSPS) is 12.6. The van der Waals surface area contributed by atoms with Gasteiger partial charge in [-0.15, -0.1) is 0 Å². The molecular formula is C52H62O2P2Pd+2. The van der Waals surface area contributed by atoms with Crippen molar-refractivity contribution < 1.29 is 29.6 Å². The Labute approximate surface area is 358 Å². The van der Waals surface area contributed by atoms with Gasteiger partial charge in [0.1, 0.15) is 0 Å². The predicted octanol–water partition coefficient (Wildman–Crippen LogP) is 11.8. The first-order valence-electron chi connectivity index (χ1n) is 19.8. The minimum Gasteiger partial charge on any atom is -0.309 e. The molecule has 0 N–H and O–H groups in total. The summed E-state index contributed by atoms with van der Waals surface area (Å²) in [7, 11) is -5.97. The first-order chi connectivity index (χ1) is 26.1. The second-order valence-electron chi connectivity index (χ2n) is 19.0. The van der Waals surface area contributed by atoms with Crippen LogP contribution in [0.2, 0.25) is 0 Å². The number of benzene rings is 6. The van der Waals surface area contributed by atoms with Gasteiger partial charge in [0.05, 0.1) is 0 Å². The summed E-state index contributed by atoms with van der Waals surface area (Å²) in [4.78, 5) is 0. The minimum atomic E-state index is -2.98. The molecule has 0 spiro atoms. The summed E-state index contributed by atoms with van der Waals surface area (Å²) in [5.41, 5.74) is 4.73. The Bertz CT molecular complexity index is 2070. The van der Waals surface area contributed by atoms with Gasteiger partial charge >= 0.3 is 20.4 Å². The molecule has 57 heavy (non-hydrogen) atoms. The fraction of sp³-hybridized carbons (Fsp3) is 0.308. The Morgan fingerprint density at radius 1 is 0.316 bits per heavy atom. The van der Waals surface area contributed by atoms with Crippen molar-refractivity contribution in [3.63, 3.8) is 0 Å². The zero-order valence-corrected chi connectivity index (χ0v) is 39.4. The third-order valence-corrected chi connectivity index (χ3v) is 16.7. The molecule has 0 amide bonds. The molecule has 0 aliphatic carbocycles. The van der Waals surface area contributed by atoms with E-state index < -0.39 is 14.3 Å². The van der Waals surface area contributed by atoms with Gasteiger partial charge in [-0.2, -0.15) is 0 Å². The number of rotatable bonds is 6. The van der Waals surface area contributed by atoms with Crippen molar-refractivity contribution in [2.45, 2.75) is 105 Å². The summed E-state index contributed by atoms with van der Waals surface area (Å²) >= 11 is 0. The van der Waals surface area contributed by atoms with Crippen LogP contribution in [0.1, 0.15) is 105 Å². The molecule has 6 aromatic rings. The largest absolute Gasteiger partial charge is 2.00 e. The van der Waals surface area contributed by atoms with E-state index in [4.69, 9.17) is 0 Å². The van der Waals surface area contributed by atoms with Gasteiger partial charge < -0.3 is 9.13 Å². The predicted molar refractivity (Wildman–Crippen MR) is 246 cm³/mol. The van der Waals surface area contributed by atoms with Gasteiger partial charge in [-0.05, 0) is 43.9 Å². The van der Waals surface area contributed by atoms with Crippen LogP contribution in [0.15, 0.2) is 158 Å². The van der Waals surface area contributed by atoms with E-state index in [9.17, 15) is 9.13 Å². The van der Waals surface area contributed by atoms with Gasteiger partial charge in [0, 0.05) is 31.8 Å². The second-order valence-corrected chi connectivity index (χ2v) is 24.5. The first-order valence-corrected chi connectivity index (χ1v) is 23.2. The molecule has 0 aliphatic rings. The summed E-state index contributed by atoms with van der Waals surface area (Å²) < 4.78 is 29.7. The van der Waals surface area contributed by atoms with Crippen molar-refractivity contribution in [3.8, 4) is 0 Å². The first kappa shape index (κ1) is 46.1. The van der Waals surface area contributed by atoms with Crippen LogP contribution in [0.25, 0.3) is 0 Å². The summed E-state index contributed by atoms with van der Waals surface area (Å²) in [5, 5.41) is 5.44. The molecule has 0 heterocycles. The van der Waals surface area contributed by atoms with Gasteiger partial charge in [-0.3, -0.25) is 0 Å². The molecule has 6 aromatic carbocycles. The Balaban J connectivity index is 0.000000248. The fourth-order valence-electron chi connectivity index (χ4n) is 7.16. The van der Waals surface area contributed by atoms with Crippen LogP contribution in [-0.2, 0) is 51.2 Å². The topological polar surface area (TPSA) is 34.1 Å². The van der Waals surface area contributed by atoms with E-state index in [-0.39, 0.29) is 42.1 Å². The quantitative estimate of drug-likeness (QED) is 0.123.